The Labute approximate surface area is 132 Å². The molecular formula is C15H18N2O4S. The molecule has 0 aliphatic carbocycles. The second kappa shape index (κ2) is 7.77. The van der Waals surface area contributed by atoms with Crippen LogP contribution in [0.5, 0.6) is 5.75 Å². The van der Waals surface area contributed by atoms with Gasteiger partial charge in [0.15, 0.2) is 5.69 Å². The smallest absolute Gasteiger partial charge is 0.357 e. The molecule has 0 radical (unpaired) electrons. The molecule has 0 bridgehead atoms. The van der Waals surface area contributed by atoms with E-state index in [-0.39, 0.29) is 13.2 Å². The van der Waals surface area contributed by atoms with Crippen molar-refractivity contribution in [3.05, 3.63) is 39.8 Å². The maximum atomic E-state index is 11.6. The third-order valence-electron chi connectivity index (χ3n) is 2.81. The van der Waals surface area contributed by atoms with Gasteiger partial charge in [-0.1, -0.05) is 6.07 Å². The molecular weight excluding hydrogens is 304 g/mol. The quantitative estimate of drug-likeness (QED) is 0.597. The first-order chi connectivity index (χ1) is 10.6. The first-order valence-electron chi connectivity index (χ1n) is 6.87. The minimum atomic E-state index is -0.405. The van der Waals surface area contributed by atoms with E-state index < -0.39 is 5.97 Å². The molecule has 2 rings (SSSR count). The number of hydrogen-bond donors (Lipinski definition) is 2. The molecule has 0 amide bonds. The minimum Gasteiger partial charge on any atom is -0.489 e. The zero-order valence-corrected chi connectivity index (χ0v) is 13.1. The summed E-state index contributed by atoms with van der Waals surface area (Å²) in [6.07, 6.45) is 0.578. The number of thiazole rings is 1. The van der Waals surface area contributed by atoms with Crippen LogP contribution in [0.3, 0.4) is 0 Å². The number of nitrogens with two attached hydrogens (primary N) is 1. The summed E-state index contributed by atoms with van der Waals surface area (Å²) in [6, 6.07) is 5.45. The second-order valence-corrected chi connectivity index (χ2v) is 5.41. The number of ether oxygens (including phenoxy) is 2. The highest BCUT2D eigenvalue weighted by Crippen LogP contribution is 2.24. The van der Waals surface area contributed by atoms with Crippen molar-refractivity contribution < 1.29 is 19.4 Å². The van der Waals surface area contributed by atoms with Gasteiger partial charge in [0, 0.05) is 11.8 Å². The van der Waals surface area contributed by atoms with E-state index in [0.717, 1.165) is 10.6 Å². The fourth-order valence-electron chi connectivity index (χ4n) is 1.86. The van der Waals surface area contributed by atoms with Gasteiger partial charge in [0.2, 0.25) is 0 Å². The molecule has 22 heavy (non-hydrogen) atoms. The van der Waals surface area contributed by atoms with E-state index in [4.69, 9.17) is 20.3 Å². The van der Waals surface area contributed by atoms with Crippen molar-refractivity contribution >= 4 is 23.0 Å². The van der Waals surface area contributed by atoms with Crippen LogP contribution in [-0.2, 0) is 11.2 Å². The molecule has 0 aliphatic heterocycles. The lowest BCUT2D eigenvalue weighted by Gasteiger charge is -2.08. The number of nitrogen functional groups attached to an aromatic ring is 1. The zero-order chi connectivity index (χ0) is 15.9. The summed E-state index contributed by atoms with van der Waals surface area (Å²) >= 11 is 1.41. The lowest BCUT2D eigenvalue weighted by molar-refractivity contribution is 0.0520. The first kappa shape index (κ1) is 16.3. The monoisotopic (exact) mass is 322 g/mol. The summed E-state index contributed by atoms with van der Waals surface area (Å²) in [5.41, 5.74) is 7.72. The highest BCUT2D eigenvalue weighted by atomic mass is 32.1. The summed E-state index contributed by atoms with van der Waals surface area (Å²) in [5.74, 6) is 0.140. The number of esters is 1. The normalized spacial score (nSPS) is 10.5. The van der Waals surface area contributed by atoms with Gasteiger partial charge in [-0.15, -0.1) is 11.3 Å². The van der Waals surface area contributed by atoms with Crippen molar-refractivity contribution in [2.24, 2.45) is 0 Å². The average Bonchev–Trinajstić information content (AvgIpc) is 2.95. The van der Waals surface area contributed by atoms with Gasteiger partial charge in [-0.25, -0.2) is 9.78 Å². The number of carbonyl (C=O) groups excluding carboxylic acids is 1. The minimum absolute atomic E-state index is 0.0586. The molecule has 3 N–H and O–H groups in total. The molecule has 0 fully saturated rings. The number of aliphatic hydroxyl groups is 1. The van der Waals surface area contributed by atoms with Crippen molar-refractivity contribution in [1.82, 2.24) is 4.98 Å². The summed E-state index contributed by atoms with van der Waals surface area (Å²) < 4.78 is 10.2. The van der Waals surface area contributed by atoms with E-state index in [1.807, 2.05) is 6.07 Å². The van der Waals surface area contributed by atoms with Crippen LogP contribution in [-0.4, -0.2) is 35.9 Å². The molecule has 2 aromatic rings. The average molecular weight is 322 g/mol. The van der Waals surface area contributed by atoms with Crippen LogP contribution < -0.4 is 10.5 Å². The van der Waals surface area contributed by atoms with E-state index in [1.54, 1.807) is 24.4 Å². The predicted octanol–water partition coefficient (Wildman–Crippen LogP) is 1.86. The van der Waals surface area contributed by atoms with Crippen LogP contribution in [0.1, 0.15) is 28.0 Å². The molecule has 0 spiro atoms. The Balaban J connectivity index is 2.04. The van der Waals surface area contributed by atoms with Gasteiger partial charge in [-0.3, -0.25) is 0 Å². The molecule has 0 aliphatic rings. The SMILES string of the molecule is CCOC(=O)c1csc(Cc2ccc(OCCO)c(N)c2)n1. The predicted molar refractivity (Wildman–Crippen MR) is 84.3 cm³/mol. The largest absolute Gasteiger partial charge is 0.489 e. The topological polar surface area (TPSA) is 94.7 Å². The molecule has 0 saturated carbocycles. The van der Waals surface area contributed by atoms with Crippen molar-refractivity contribution in [2.75, 3.05) is 25.6 Å². The van der Waals surface area contributed by atoms with Gasteiger partial charge in [0.05, 0.1) is 23.9 Å². The van der Waals surface area contributed by atoms with Gasteiger partial charge in [-0.2, -0.15) is 0 Å². The number of rotatable bonds is 7. The number of nitrogens with zero attached hydrogens (tertiary/aromatic N) is 1. The van der Waals surface area contributed by atoms with Crippen molar-refractivity contribution in [3.63, 3.8) is 0 Å². The third kappa shape index (κ3) is 4.19. The lowest BCUT2D eigenvalue weighted by atomic mass is 10.1. The van der Waals surface area contributed by atoms with Crippen molar-refractivity contribution in [2.45, 2.75) is 13.3 Å². The fraction of sp³-hybridized carbons (Fsp3) is 0.333. The zero-order valence-electron chi connectivity index (χ0n) is 12.2. The van der Waals surface area contributed by atoms with Gasteiger partial charge < -0.3 is 20.3 Å². The number of anilines is 1. The van der Waals surface area contributed by atoms with Crippen LogP contribution in [0.4, 0.5) is 5.69 Å². The number of aliphatic hydroxyl groups excluding tert-OH is 1. The highest BCUT2D eigenvalue weighted by Gasteiger charge is 2.12. The first-order valence-corrected chi connectivity index (χ1v) is 7.75. The summed E-state index contributed by atoms with van der Waals surface area (Å²) in [7, 11) is 0. The van der Waals surface area contributed by atoms with Gasteiger partial charge in [0.1, 0.15) is 12.4 Å². The van der Waals surface area contributed by atoms with E-state index in [2.05, 4.69) is 4.98 Å². The van der Waals surface area contributed by atoms with Gasteiger partial charge in [-0.05, 0) is 24.6 Å². The van der Waals surface area contributed by atoms with Gasteiger partial charge in [0.25, 0.3) is 0 Å². The Hall–Kier alpha value is -2.12. The standard InChI is InChI=1S/C15H18N2O4S/c1-2-20-15(19)12-9-22-14(17-12)8-10-3-4-13(11(16)7-10)21-6-5-18/h3-4,7,9,18H,2,5-6,8,16H2,1H3. The lowest BCUT2D eigenvalue weighted by Crippen LogP contribution is -2.05. The van der Waals surface area contributed by atoms with Crippen LogP contribution >= 0.6 is 11.3 Å². The maximum Gasteiger partial charge on any atom is 0.357 e. The highest BCUT2D eigenvalue weighted by molar-refractivity contribution is 7.09. The van der Waals surface area contributed by atoms with Crippen LogP contribution in [0.15, 0.2) is 23.6 Å². The molecule has 1 heterocycles. The number of carbonyl (C=O) groups is 1. The summed E-state index contributed by atoms with van der Waals surface area (Å²) in [4.78, 5) is 15.8. The molecule has 0 saturated heterocycles. The van der Waals surface area contributed by atoms with E-state index >= 15 is 0 Å². The number of hydrogen-bond acceptors (Lipinski definition) is 7. The second-order valence-electron chi connectivity index (χ2n) is 4.47. The Morgan fingerprint density at radius 3 is 2.95 bits per heavy atom. The fourth-order valence-corrected chi connectivity index (χ4v) is 2.66. The molecule has 1 aromatic carbocycles. The van der Waals surface area contributed by atoms with E-state index in [9.17, 15) is 4.79 Å². The molecule has 7 heteroatoms. The molecule has 1 aromatic heterocycles. The Bertz CT molecular complexity index is 642. The van der Waals surface area contributed by atoms with Crippen LogP contribution in [0, 0.1) is 0 Å². The van der Waals surface area contributed by atoms with Crippen molar-refractivity contribution in [3.8, 4) is 5.75 Å². The molecule has 6 nitrogen and oxygen atoms in total. The summed E-state index contributed by atoms with van der Waals surface area (Å²) in [5, 5.41) is 11.2. The Morgan fingerprint density at radius 1 is 1.45 bits per heavy atom. The third-order valence-corrected chi connectivity index (χ3v) is 3.66. The van der Waals surface area contributed by atoms with E-state index in [0.29, 0.717) is 30.2 Å². The molecule has 118 valence electrons. The van der Waals surface area contributed by atoms with Crippen molar-refractivity contribution in [1.29, 1.82) is 0 Å². The number of aromatic nitrogens is 1. The molecule has 0 atom stereocenters. The maximum absolute atomic E-state index is 11.6. The van der Waals surface area contributed by atoms with Crippen LogP contribution in [0.25, 0.3) is 0 Å². The number of benzene rings is 1. The Morgan fingerprint density at radius 2 is 2.27 bits per heavy atom. The van der Waals surface area contributed by atoms with Gasteiger partial charge >= 0.3 is 5.97 Å². The Kier molecular flexibility index (Phi) is 5.74. The van der Waals surface area contributed by atoms with E-state index in [1.165, 1.54) is 11.3 Å². The molecule has 0 unspecified atom stereocenters. The van der Waals surface area contributed by atoms with Crippen LogP contribution in [0.2, 0.25) is 0 Å². The summed E-state index contributed by atoms with van der Waals surface area (Å²) in [6.45, 7) is 2.24.